The number of carbonyl (C=O) groups excluding carboxylic acids is 1. The lowest BCUT2D eigenvalue weighted by Gasteiger charge is -2.12. The van der Waals surface area contributed by atoms with Gasteiger partial charge in [-0.3, -0.25) is 4.79 Å². The summed E-state index contributed by atoms with van der Waals surface area (Å²) in [4.78, 5) is 22.1. The number of aliphatic carboxylic acids is 1. The van der Waals surface area contributed by atoms with Crippen LogP contribution in [0, 0.1) is 5.92 Å². The first-order valence-corrected chi connectivity index (χ1v) is 8.37. The van der Waals surface area contributed by atoms with Gasteiger partial charge in [0.2, 0.25) is 5.78 Å². The zero-order chi connectivity index (χ0) is 16.4. The van der Waals surface area contributed by atoms with Crippen LogP contribution in [0.5, 0.6) is 0 Å². The summed E-state index contributed by atoms with van der Waals surface area (Å²) in [5, 5.41) is 8.74. The third-order valence-corrected chi connectivity index (χ3v) is 4.15. The van der Waals surface area contributed by atoms with E-state index < -0.39 is 11.8 Å². The second-order valence-corrected chi connectivity index (χ2v) is 6.17. The Morgan fingerprint density at radius 2 is 1.68 bits per heavy atom. The van der Waals surface area contributed by atoms with E-state index in [0.29, 0.717) is 0 Å². The average Bonchev–Trinajstić information content (AvgIpc) is 2.49. The summed E-state index contributed by atoms with van der Waals surface area (Å²) in [5.41, 5.74) is 1.96. The Labute approximate surface area is 133 Å². The van der Waals surface area contributed by atoms with Crippen molar-refractivity contribution in [2.45, 2.75) is 65.2 Å². The molecule has 3 heteroatoms. The van der Waals surface area contributed by atoms with Crippen LogP contribution in [0.2, 0.25) is 0 Å². The Morgan fingerprint density at radius 1 is 1.05 bits per heavy atom. The molecule has 0 aliphatic heterocycles. The second-order valence-electron chi connectivity index (χ2n) is 6.17. The van der Waals surface area contributed by atoms with Gasteiger partial charge in [0.25, 0.3) is 0 Å². The molecule has 0 radical (unpaired) electrons. The average molecular weight is 304 g/mol. The zero-order valence-electron chi connectivity index (χ0n) is 13.8. The first kappa shape index (κ1) is 18.4. The van der Waals surface area contributed by atoms with Crippen molar-refractivity contribution in [2.24, 2.45) is 5.92 Å². The van der Waals surface area contributed by atoms with Gasteiger partial charge in [-0.15, -0.1) is 0 Å². The smallest absolute Gasteiger partial charge is 0.372 e. The monoisotopic (exact) mass is 304 g/mol. The molecule has 1 atom stereocenters. The van der Waals surface area contributed by atoms with E-state index in [9.17, 15) is 9.59 Å². The number of ketones is 1. The molecule has 122 valence electrons. The quantitative estimate of drug-likeness (QED) is 0.486. The first-order chi connectivity index (χ1) is 10.5. The molecule has 0 bridgehead atoms. The van der Waals surface area contributed by atoms with Crippen molar-refractivity contribution in [1.82, 2.24) is 0 Å². The Balaban J connectivity index is 2.45. The van der Waals surface area contributed by atoms with Crippen LogP contribution >= 0.6 is 0 Å². The molecule has 0 heterocycles. The number of rotatable bonds is 11. The fraction of sp³-hybridized carbons (Fsp3) is 0.579. The van der Waals surface area contributed by atoms with Gasteiger partial charge in [0, 0.05) is 6.42 Å². The van der Waals surface area contributed by atoms with Crippen molar-refractivity contribution in [1.29, 1.82) is 0 Å². The fourth-order valence-corrected chi connectivity index (χ4v) is 2.75. The summed E-state index contributed by atoms with van der Waals surface area (Å²) in [7, 11) is 0. The minimum Gasteiger partial charge on any atom is -0.475 e. The number of hydrogen-bond donors (Lipinski definition) is 1. The Bertz CT molecular complexity index is 479. The molecule has 3 nitrogen and oxygen atoms in total. The van der Waals surface area contributed by atoms with Crippen LogP contribution in [0.3, 0.4) is 0 Å². The lowest BCUT2D eigenvalue weighted by Crippen LogP contribution is -2.16. The number of unbranched alkanes of at least 4 members (excludes halogenated alkanes) is 2. The van der Waals surface area contributed by atoms with Gasteiger partial charge in [0.1, 0.15) is 0 Å². The summed E-state index contributed by atoms with van der Waals surface area (Å²) in [6.07, 6.45) is 8.35. The molecular formula is C19H28O3. The number of hydrogen-bond acceptors (Lipinski definition) is 2. The second kappa shape index (κ2) is 10.1. The third-order valence-electron chi connectivity index (χ3n) is 4.15. The zero-order valence-corrected chi connectivity index (χ0v) is 13.8. The molecule has 1 aromatic rings. The van der Waals surface area contributed by atoms with E-state index in [-0.39, 0.29) is 6.42 Å². The van der Waals surface area contributed by atoms with Gasteiger partial charge in [-0.2, -0.15) is 0 Å². The summed E-state index contributed by atoms with van der Waals surface area (Å²) < 4.78 is 0. The fourth-order valence-electron chi connectivity index (χ4n) is 2.75. The highest BCUT2D eigenvalue weighted by Gasteiger charge is 2.14. The molecule has 0 fully saturated rings. The molecule has 1 rings (SSSR count). The molecule has 22 heavy (non-hydrogen) atoms. The predicted octanol–water partition coefficient (Wildman–Crippen LogP) is 4.42. The Hall–Kier alpha value is -1.64. The van der Waals surface area contributed by atoms with Crippen molar-refractivity contribution >= 4 is 11.8 Å². The molecule has 1 unspecified atom stereocenters. The summed E-state index contributed by atoms with van der Waals surface area (Å²) in [6.45, 7) is 4.52. The molecule has 0 aliphatic rings. The van der Waals surface area contributed by atoms with E-state index in [1.165, 1.54) is 32.1 Å². The largest absolute Gasteiger partial charge is 0.475 e. The summed E-state index contributed by atoms with van der Waals surface area (Å²) in [6, 6.07) is 7.68. The van der Waals surface area contributed by atoms with Crippen molar-refractivity contribution in [3.8, 4) is 0 Å². The van der Waals surface area contributed by atoms with Crippen LogP contribution in [0.1, 0.15) is 63.5 Å². The van der Waals surface area contributed by atoms with Crippen LogP contribution in [0.4, 0.5) is 0 Å². The Kier molecular flexibility index (Phi) is 8.49. The van der Waals surface area contributed by atoms with E-state index in [2.05, 4.69) is 13.8 Å². The molecule has 0 aromatic heterocycles. The minimum absolute atomic E-state index is 0.00242. The number of Topliss-reactive ketones (excluding diaryl/α,β-unsaturated/α-hetero) is 1. The van der Waals surface area contributed by atoms with Gasteiger partial charge in [-0.1, -0.05) is 70.2 Å². The molecule has 0 amide bonds. The molecule has 0 saturated heterocycles. The van der Waals surface area contributed by atoms with Crippen LogP contribution in [-0.4, -0.2) is 16.9 Å². The lowest BCUT2D eigenvalue weighted by molar-refractivity contribution is -0.148. The van der Waals surface area contributed by atoms with E-state index in [4.69, 9.17) is 5.11 Å². The number of benzene rings is 1. The topological polar surface area (TPSA) is 54.4 Å². The van der Waals surface area contributed by atoms with E-state index in [1.54, 1.807) is 0 Å². The number of carbonyl (C=O) groups is 2. The molecule has 0 aliphatic carbocycles. The maximum atomic E-state index is 11.4. The van der Waals surface area contributed by atoms with Gasteiger partial charge in [-0.25, -0.2) is 4.79 Å². The van der Waals surface area contributed by atoms with Crippen LogP contribution in [-0.2, 0) is 22.4 Å². The highest BCUT2D eigenvalue weighted by molar-refractivity contribution is 6.33. The maximum absolute atomic E-state index is 11.4. The number of carboxylic acid groups (broad SMARTS) is 1. The van der Waals surface area contributed by atoms with E-state index in [1.807, 2.05) is 24.3 Å². The van der Waals surface area contributed by atoms with Gasteiger partial charge >= 0.3 is 5.97 Å². The standard InChI is InChI=1S/C19H28O3/c1-3-4-5-9-15(2)10-8-13-16-11-6-7-12-17(16)14-18(20)19(21)22/h6-7,11-12,15H,3-5,8-10,13-14H2,1-2H3,(H,21,22). The SMILES string of the molecule is CCCCCC(C)CCCc1ccccc1CC(=O)C(=O)O. The van der Waals surface area contributed by atoms with Crippen molar-refractivity contribution in [2.75, 3.05) is 0 Å². The van der Waals surface area contributed by atoms with Crippen molar-refractivity contribution < 1.29 is 14.7 Å². The first-order valence-electron chi connectivity index (χ1n) is 8.37. The molecular weight excluding hydrogens is 276 g/mol. The van der Waals surface area contributed by atoms with Gasteiger partial charge < -0.3 is 5.11 Å². The highest BCUT2D eigenvalue weighted by Crippen LogP contribution is 2.18. The molecule has 1 N–H and O–H groups in total. The van der Waals surface area contributed by atoms with Gasteiger partial charge in [0.15, 0.2) is 0 Å². The third kappa shape index (κ3) is 6.88. The molecule has 0 saturated carbocycles. The normalized spacial score (nSPS) is 12.1. The molecule has 0 spiro atoms. The van der Waals surface area contributed by atoms with Gasteiger partial charge in [0.05, 0.1) is 0 Å². The van der Waals surface area contributed by atoms with Crippen LogP contribution < -0.4 is 0 Å². The summed E-state index contributed by atoms with van der Waals surface area (Å²) in [5.74, 6) is -1.35. The van der Waals surface area contributed by atoms with E-state index in [0.717, 1.165) is 29.9 Å². The van der Waals surface area contributed by atoms with Crippen LogP contribution in [0.25, 0.3) is 0 Å². The maximum Gasteiger partial charge on any atom is 0.372 e. The lowest BCUT2D eigenvalue weighted by atomic mass is 9.93. The van der Waals surface area contributed by atoms with Crippen LogP contribution in [0.15, 0.2) is 24.3 Å². The highest BCUT2D eigenvalue weighted by atomic mass is 16.4. The number of carboxylic acids is 1. The number of aryl methyl sites for hydroxylation is 1. The minimum atomic E-state index is -1.35. The predicted molar refractivity (Wildman–Crippen MR) is 89.0 cm³/mol. The van der Waals surface area contributed by atoms with E-state index >= 15 is 0 Å². The van der Waals surface area contributed by atoms with Crippen molar-refractivity contribution in [3.63, 3.8) is 0 Å². The summed E-state index contributed by atoms with van der Waals surface area (Å²) >= 11 is 0. The van der Waals surface area contributed by atoms with Gasteiger partial charge in [-0.05, 0) is 29.9 Å². The van der Waals surface area contributed by atoms with Crippen molar-refractivity contribution in [3.05, 3.63) is 35.4 Å². The molecule has 1 aromatic carbocycles. The Morgan fingerprint density at radius 3 is 2.32 bits per heavy atom.